The highest BCUT2D eigenvalue weighted by atomic mass is 16.2. The molecule has 2 unspecified atom stereocenters. The van der Waals surface area contributed by atoms with Crippen LogP contribution in [0.1, 0.15) is 32.6 Å². The first-order valence-electron chi connectivity index (χ1n) is 9.74. The minimum atomic E-state index is -0.00914. The van der Waals surface area contributed by atoms with Crippen LogP contribution in [0.5, 0.6) is 0 Å². The lowest BCUT2D eigenvalue weighted by molar-refractivity contribution is -0.117. The summed E-state index contributed by atoms with van der Waals surface area (Å²) in [6.07, 6.45) is 4.78. The first kappa shape index (κ1) is 18.7. The number of rotatable bonds is 4. The minimum absolute atomic E-state index is 0.00914. The van der Waals surface area contributed by atoms with Crippen LogP contribution >= 0.6 is 0 Å². The first-order valence-corrected chi connectivity index (χ1v) is 9.74. The summed E-state index contributed by atoms with van der Waals surface area (Å²) in [5.41, 5.74) is 0.817. The normalized spacial score (nSPS) is 24.1. The largest absolute Gasteiger partial charge is 0.335 e. The Morgan fingerprint density at radius 3 is 2.42 bits per heavy atom. The number of benzene rings is 1. The third-order valence-electron chi connectivity index (χ3n) is 5.50. The Labute approximate surface area is 155 Å². The Kier molecular flexibility index (Phi) is 6.50. The molecule has 26 heavy (non-hydrogen) atoms. The third kappa shape index (κ3) is 5.21. The summed E-state index contributed by atoms with van der Waals surface area (Å²) in [4.78, 5) is 28.6. The lowest BCUT2D eigenvalue weighted by Crippen LogP contribution is -2.55. The molecule has 0 spiro atoms. The molecule has 2 aliphatic rings. The molecule has 1 saturated carbocycles. The molecule has 1 aromatic rings. The molecule has 0 radical (unpaired) electrons. The van der Waals surface area contributed by atoms with Gasteiger partial charge in [-0.05, 0) is 30.9 Å². The number of urea groups is 1. The smallest absolute Gasteiger partial charge is 0.317 e. The van der Waals surface area contributed by atoms with Crippen LogP contribution in [0, 0.1) is 5.92 Å². The fourth-order valence-corrected chi connectivity index (χ4v) is 3.81. The molecule has 2 N–H and O–H groups in total. The van der Waals surface area contributed by atoms with Crippen molar-refractivity contribution in [2.75, 3.05) is 38.0 Å². The van der Waals surface area contributed by atoms with Crippen LogP contribution in [0.4, 0.5) is 10.5 Å². The van der Waals surface area contributed by atoms with Crippen LogP contribution < -0.4 is 10.6 Å². The van der Waals surface area contributed by atoms with Gasteiger partial charge >= 0.3 is 6.03 Å². The van der Waals surface area contributed by atoms with Crippen LogP contribution in [-0.2, 0) is 4.79 Å². The van der Waals surface area contributed by atoms with Gasteiger partial charge in [-0.3, -0.25) is 9.69 Å². The molecule has 1 aliphatic heterocycles. The van der Waals surface area contributed by atoms with Crippen molar-refractivity contribution in [3.63, 3.8) is 0 Å². The van der Waals surface area contributed by atoms with E-state index in [0.717, 1.165) is 25.2 Å². The highest BCUT2D eigenvalue weighted by Gasteiger charge is 2.27. The Balaban J connectivity index is 1.39. The minimum Gasteiger partial charge on any atom is -0.335 e. The number of anilines is 1. The fourth-order valence-electron chi connectivity index (χ4n) is 3.81. The van der Waals surface area contributed by atoms with Crippen molar-refractivity contribution in [3.8, 4) is 0 Å². The van der Waals surface area contributed by atoms with Crippen molar-refractivity contribution in [2.45, 2.75) is 38.6 Å². The van der Waals surface area contributed by atoms with Gasteiger partial charge in [0.1, 0.15) is 0 Å². The van der Waals surface area contributed by atoms with Crippen molar-refractivity contribution >= 4 is 17.6 Å². The van der Waals surface area contributed by atoms with E-state index in [-0.39, 0.29) is 11.9 Å². The molecule has 142 valence electrons. The maximum Gasteiger partial charge on any atom is 0.317 e. The van der Waals surface area contributed by atoms with Crippen molar-refractivity contribution in [2.24, 2.45) is 5.92 Å². The predicted octanol–water partition coefficient (Wildman–Crippen LogP) is 2.53. The standard InChI is InChI=1S/C20H30N4O2/c1-16-7-5-6-10-18(16)22-20(26)24-13-11-23(12-14-24)15-19(25)21-17-8-3-2-4-9-17/h2-4,8-9,16,18H,5-7,10-15H2,1H3,(H,21,25)(H,22,26). The molecule has 0 bridgehead atoms. The molecular weight excluding hydrogens is 328 g/mol. The van der Waals surface area contributed by atoms with Gasteiger partial charge in [-0.1, -0.05) is 38.0 Å². The number of amides is 3. The molecule has 1 heterocycles. The molecule has 6 heteroatoms. The number of piperazine rings is 1. The predicted molar refractivity (Wildman–Crippen MR) is 103 cm³/mol. The van der Waals surface area contributed by atoms with E-state index in [2.05, 4.69) is 22.5 Å². The number of para-hydroxylation sites is 1. The maximum absolute atomic E-state index is 12.5. The topological polar surface area (TPSA) is 64.7 Å². The number of hydrogen-bond acceptors (Lipinski definition) is 3. The van der Waals surface area contributed by atoms with Gasteiger partial charge in [-0.15, -0.1) is 0 Å². The Morgan fingerprint density at radius 1 is 1.04 bits per heavy atom. The Bertz CT molecular complexity index is 599. The second kappa shape index (κ2) is 9.03. The van der Waals surface area contributed by atoms with E-state index in [9.17, 15) is 9.59 Å². The number of carbonyl (C=O) groups is 2. The average Bonchev–Trinajstić information content (AvgIpc) is 2.65. The van der Waals surface area contributed by atoms with Gasteiger partial charge in [0.2, 0.25) is 5.91 Å². The SMILES string of the molecule is CC1CCCCC1NC(=O)N1CCN(CC(=O)Nc2ccccc2)CC1. The van der Waals surface area contributed by atoms with Crippen molar-refractivity contribution in [3.05, 3.63) is 30.3 Å². The van der Waals surface area contributed by atoms with Gasteiger partial charge in [-0.25, -0.2) is 4.79 Å². The summed E-state index contributed by atoms with van der Waals surface area (Å²) in [5, 5.41) is 6.12. The molecule has 2 atom stereocenters. The number of carbonyl (C=O) groups excluding carboxylic acids is 2. The maximum atomic E-state index is 12.5. The molecule has 1 aromatic carbocycles. The van der Waals surface area contributed by atoms with Crippen LogP contribution in [-0.4, -0.2) is 60.5 Å². The zero-order chi connectivity index (χ0) is 18.4. The lowest BCUT2D eigenvalue weighted by atomic mass is 9.86. The molecule has 0 aromatic heterocycles. The van der Waals surface area contributed by atoms with E-state index in [1.165, 1.54) is 19.3 Å². The van der Waals surface area contributed by atoms with Crippen LogP contribution in [0.2, 0.25) is 0 Å². The van der Waals surface area contributed by atoms with Gasteiger partial charge < -0.3 is 15.5 Å². The third-order valence-corrected chi connectivity index (χ3v) is 5.50. The zero-order valence-corrected chi connectivity index (χ0v) is 15.6. The van der Waals surface area contributed by atoms with Crippen LogP contribution in [0.3, 0.4) is 0 Å². The van der Waals surface area contributed by atoms with E-state index < -0.39 is 0 Å². The summed E-state index contributed by atoms with van der Waals surface area (Å²) >= 11 is 0. The summed E-state index contributed by atoms with van der Waals surface area (Å²) in [6.45, 7) is 5.40. The van der Waals surface area contributed by atoms with E-state index in [4.69, 9.17) is 0 Å². The fraction of sp³-hybridized carbons (Fsp3) is 0.600. The van der Waals surface area contributed by atoms with Crippen molar-refractivity contribution in [1.29, 1.82) is 0 Å². The zero-order valence-electron chi connectivity index (χ0n) is 15.6. The van der Waals surface area contributed by atoms with Gasteiger partial charge in [0.25, 0.3) is 0 Å². The summed E-state index contributed by atoms with van der Waals surface area (Å²) < 4.78 is 0. The molecule has 2 fully saturated rings. The highest BCUT2D eigenvalue weighted by Crippen LogP contribution is 2.23. The number of nitrogens with zero attached hydrogens (tertiary/aromatic N) is 2. The highest BCUT2D eigenvalue weighted by molar-refractivity contribution is 5.92. The molecule has 1 saturated heterocycles. The molecule has 3 rings (SSSR count). The van der Waals surface area contributed by atoms with Crippen molar-refractivity contribution < 1.29 is 9.59 Å². The number of nitrogens with one attached hydrogen (secondary N) is 2. The first-order chi connectivity index (χ1) is 12.6. The van der Waals surface area contributed by atoms with Crippen LogP contribution in [0.25, 0.3) is 0 Å². The van der Waals surface area contributed by atoms with Gasteiger partial charge in [0, 0.05) is 37.9 Å². The van der Waals surface area contributed by atoms with E-state index >= 15 is 0 Å². The summed E-state index contributed by atoms with van der Waals surface area (Å²) in [6, 6.07) is 9.86. The van der Waals surface area contributed by atoms with E-state index in [1.54, 1.807) is 0 Å². The average molecular weight is 358 g/mol. The molecular formula is C20H30N4O2. The summed E-state index contributed by atoms with van der Waals surface area (Å²) in [7, 11) is 0. The van der Waals surface area contributed by atoms with Gasteiger partial charge in [0.05, 0.1) is 6.54 Å². The second-order valence-electron chi connectivity index (χ2n) is 7.50. The quantitative estimate of drug-likeness (QED) is 0.869. The van der Waals surface area contributed by atoms with Crippen LogP contribution in [0.15, 0.2) is 30.3 Å². The number of hydrogen-bond donors (Lipinski definition) is 2. The van der Waals surface area contributed by atoms with Gasteiger partial charge in [0.15, 0.2) is 0 Å². The Morgan fingerprint density at radius 2 is 1.73 bits per heavy atom. The summed E-state index contributed by atoms with van der Waals surface area (Å²) in [5.74, 6) is 0.556. The lowest BCUT2D eigenvalue weighted by Gasteiger charge is -2.36. The van der Waals surface area contributed by atoms with Gasteiger partial charge in [-0.2, -0.15) is 0 Å². The molecule has 3 amide bonds. The molecule has 1 aliphatic carbocycles. The van der Waals surface area contributed by atoms with Crippen molar-refractivity contribution in [1.82, 2.24) is 15.1 Å². The molecule has 6 nitrogen and oxygen atoms in total. The van der Waals surface area contributed by atoms with E-state index in [1.807, 2.05) is 35.2 Å². The second-order valence-corrected chi connectivity index (χ2v) is 7.50. The van der Waals surface area contributed by atoms with E-state index in [0.29, 0.717) is 31.6 Å². The Hall–Kier alpha value is -2.08. The monoisotopic (exact) mass is 358 g/mol.